The van der Waals surface area contributed by atoms with Crippen LogP contribution in [0.3, 0.4) is 0 Å². The molecule has 4 rings (SSSR count). The first-order valence-corrected chi connectivity index (χ1v) is 10.4. The van der Waals surface area contributed by atoms with Gasteiger partial charge >= 0.3 is 0 Å². The summed E-state index contributed by atoms with van der Waals surface area (Å²) in [4.78, 5) is 23.4. The van der Waals surface area contributed by atoms with Crippen molar-refractivity contribution in [1.29, 1.82) is 0 Å². The molecule has 0 unspecified atom stereocenters. The van der Waals surface area contributed by atoms with Gasteiger partial charge in [0.05, 0.1) is 28.2 Å². The molecule has 1 N–H and O–H groups in total. The third kappa shape index (κ3) is 4.41. The molecule has 1 aliphatic rings. The van der Waals surface area contributed by atoms with Gasteiger partial charge in [-0.25, -0.2) is 0 Å². The molecule has 1 saturated heterocycles. The third-order valence-corrected chi connectivity index (χ3v) is 6.13. The molecule has 150 valence electrons. The van der Waals surface area contributed by atoms with E-state index in [0.717, 1.165) is 53.9 Å². The smallest absolute Gasteiger partial charge is 0.265 e. The molecule has 0 saturated carbocycles. The molecular formula is C22H24N4O2S. The third-order valence-electron chi connectivity index (χ3n) is 5.03. The van der Waals surface area contributed by atoms with Crippen molar-refractivity contribution in [3.63, 3.8) is 0 Å². The molecule has 0 spiro atoms. The van der Waals surface area contributed by atoms with Crippen LogP contribution in [0.15, 0.2) is 54.7 Å². The summed E-state index contributed by atoms with van der Waals surface area (Å²) in [5.41, 5.74) is 2.65. The summed E-state index contributed by atoms with van der Waals surface area (Å²) in [6.07, 6.45) is 1.76. The first kappa shape index (κ1) is 19.4. The Labute approximate surface area is 174 Å². The van der Waals surface area contributed by atoms with Gasteiger partial charge in [-0.2, -0.15) is 0 Å². The van der Waals surface area contributed by atoms with Crippen LogP contribution in [0.2, 0.25) is 0 Å². The topological polar surface area (TPSA) is 57.7 Å². The van der Waals surface area contributed by atoms with Gasteiger partial charge in [-0.05, 0) is 49.5 Å². The predicted molar refractivity (Wildman–Crippen MR) is 118 cm³/mol. The van der Waals surface area contributed by atoms with E-state index in [2.05, 4.69) is 27.1 Å². The number of benzene rings is 1. The second-order valence-corrected chi connectivity index (χ2v) is 8.09. The van der Waals surface area contributed by atoms with E-state index < -0.39 is 0 Å². The van der Waals surface area contributed by atoms with Crippen LogP contribution < -0.4 is 15.0 Å². The second-order valence-electron chi connectivity index (χ2n) is 7.01. The number of carbonyl (C=O) groups is 1. The molecule has 2 aromatic heterocycles. The zero-order valence-electron chi connectivity index (χ0n) is 16.6. The monoisotopic (exact) mass is 408 g/mol. The van der Waals surface area contributed by atoms with Gasteiger partial charge < -0.3 is 19.9 Å². The number of hydrogen-bond acceptors (Lipinski definition) is 6. The molecule has 1 aromatic carbocycles. The maximum atomic E-state index is 12.8. The number of hydrogen-bond donors (Lipinski definition) is 1. The normalized spacial score (nSPS) is 14.6. The van der Waals surface area contributed by atoms with Crippen molar-refractivity contribution in [1.82, 2.24) is 9.88 Å². The summed E-state index contributed by atoms with van der Waals surface area (Å²) in [7, 11) is 3.81. The van der Waals surface area contributed by atoms with Crippen molar-refractivity contribution < 1.29 is 9.53 Å². The number of rotatable bonds is 5. The number of methoxy groups -OCH3 is 1. The number of ether oxygens (including phenoxy) is 1. The summed E-state index contributed by atoms with van der Waals surface area (Å²) in [6.45, 7) is 3.88. The zero-order valence-corrected chi connectivity index (χ0v) is 17.4. The van der Waals surface area contributed by atoms with E-state index in [9.17, 15) is 4.79 Å². The van der Waals surface area contributed by atoms with Crippen molar-refractivity contribution in [3.8, 4) is 16.3 Å². The summed E-state index contributed by atoms with van der Waals surface area (Å²) in [5, 5.41) is 3.02. The van der Waals surface area contributed by atoms with Crippen molar-refractivity contribution >= 4 is 28.6 Å². The zero-order chi connectivity index (χ0) is 20.2. The van der Waals surface area contributed by atoms with Crippen LogP contribution in [-0.2, 0) is 0 Å². The number of anilines is 2. The number of piperazine rings is 1. The van der Waals surface area contributed by atoms with Crippen molar-refractivity contribution in [2.45, 2.75) is 0 Å². The summed E-state index contributed by atoms with van der Waals surface area (Å²) in [5.74, 6) is 0.702. The number of carbonyl (C=O) groups excluding carboxylic acids is 1. The Morgan fingerprint density at radius 1 is 1.10 bits per heavy atom. The van der Waals surface area contributed by atoms with E-state index in [0.29, 0.717) is 4.88 Å². The number of pyridine rings is 1. The van der Waals surface area contributed by atoms with Crippen LogP contribution in [0.4, 0.5) is 11.4 Å². The van der Waals surface area contributed by atoms with Crippen LogP contribution in [-0.4, -0.2) is 56.1 Å². The predicted octanol–water partition coefficient (Wildman–Crippen LogP) is 3.82. The van der Waals surface area contributed by atoms with E-state index in [-0.39, 0.29) is 5.91 Å². The molecule has 3 aromatic rings. The van der Waals surface area contributed by atoms with Crippen molar-refractivity contribution in [3.05, 3.63) is 59.6 Å². The van der Waals surface area contributed by atoms with Crippen LogP contribution in [0.1, 0.15) is 9.67 Å². The maximum absolute atomic E-state index is 12.8. The SMILES string of the molecule is COc1ccc(NC(=O)c2ccc(-c3ccccn3)s2)cc1N1CCN(C)CC1. The molecule has 3 heterocycles. The highest BCUT2D eigenvalue weighted by Crippen LogP contribution is 2.33. The summed E-state index contributed by atoms with van der Waals surface area (Å²) >= 11 is 1.44. The van der Waals surface area contributed by atoms with Gasteiger partial charge in [0.1, 0.15) is 5.75 Å². The quantitative estimate of drug-likeness (QED) is 0.696. The van der Waals surface area contributed by atoms with Gasteiger partial charge in [0.25, 0.3) is 5.91 Å². The van der Waals surface area contributed by atoms with Crippen molar-refractivity contribution in [2.24, 2.45) is 0 Å². The molecule has 29 heavy (non-hydrogen) atoms. The molecule has 0 bridgehead atoms. The van der Waals surface area contributed by atoms with E-state index in [4.69, 9.17) is 4.74 Å². The fourth-order valence-corrected chi connectivity index (χ4v) is 4.24. The van der Waals surface area contributed by atoms with Gasteiger partial charge in [0.15, 0.2) is 0 Å². The van der Waals surface area contributed by atoms with Gasteiger partial charge in [-0.1, -0.05) is 6.07 Å². The fraction of sp³-hybridized carbons (Fsp3) is 0.273. The number of likely N-dealkylation sites (N-methyl/N-ethyl adjacent to an activating group) is 1. The molecule has 6 nitrogen and oxygen atoms in total. The fourth-order valence-electron chi connectivity index (χ4n) is 3.36. The minimum Gasteiger partial charge on any atom is -0.495 e. The van der Waals surface area contributed by atoms with Crippen LogP contribution in [0.25, 0.3) is 10.6 Å². The minimum atomic E-state index is -0.119. The standard InChI is InChI=1S/C22H24N4O2S/c1-25-11-13-26(14-12-25)18-15-16(6-7-19(18)28-2)24-22(27)21-9-8-20(29-21)17-5-3-4-10-23-17/h3-10,15H,11-14H2,1-2H3,(H,24,27). The largest absolute Gasteiger partial charge is 0.495 e. The summed E-state index contributed by atoms with van der Waals surface area (Å²) in [6, 6.07) is 15.3. The van der Waals surface area contributed by atoms with E-state index >= 15 is 0 Å². The van der Waals surface area contributed by atoms with Gasteiger partial charge in [-0.15, -0.1) is 11.3 Å². The maximum Gasteiger partial charge on any atom is 0.265 e. The van der Waals surface area contributed by atoms with Crippen molar-refractivity contribution in [2.75, 3.05) is 50.6 Å². The highest BCUT2D eigenvalue weighted by molar-refractivity contribution is 7.17. The number of thiophene rings is 1. The van der Waals surface area contributed by atoms with Gasteiger partial charge in [-0.3, -0.25) is 9.78 Å². The van der Waals surface area contributed by atoms with Crippen LogP contribution in [0.5, 0.6) is 5.75 Å². The van der Waals surface area contributed by atoms with Crippen LogP contribution >= 0.6 is 11.3 Å². The van der Waals surface area contributed by atoms with E-state index in [1.807, 2.05) is 48.5 Å². The molecule has 1 fully saturated rings. The molecular weight excluding hydrogens is 384 g/mol. The first-order chi connectivity index (χ1) is 14.1. The molecule has 1 amide bonds. The molecule has 0 aliphatic carbocycles. The highest BCUT2D eigenvalue weighted by atomic mass is 32.1. The number of amides is 1. The van der Waals surface area contributed by atoms with Crippen LogP contribution in [0, 0.1) is 0 Å². The average molecular weight is 409 g/mol. The minimum absolute atomic E-state index is 0.119. The first-order valence-electron chi connectivity index (χ1n) is 9.58. The lowest BCUT2D eigenvalue weighted by atomic mass is 10.2. The lowest BCUT2D eigenvalue weighted by Crippen LogP contribution is -2.44. The average Bonchev–Trinajstić information content (AvgIpc) is 3.25. The second kappa shape index (κ2) is 8.63. The Morgan fingerprint density at radius 3 is 2.66 bits per heavy atom. The van der Waals surface area contributed by atoms with E-state index in [1.165, 1.54) is 11.3 Å². The van der Waals surface area contributed by atoms with Gasteiger partial charge in [0, 0.05) is 38.1 Å². The van der Waals surface area contributed by atoms with E-state index in [1.54, 1.807) is 13.3 Å². The number of nitrogens with one attached hydrogen (secondary N) is 1. The lowest BCUT2D eigenvalue weighted by molar-refractivity contribution is 0.103. The number of nitrogens with zero attached hydrogens (tertiary/aromatic N) is 3. The summed E-state index contributed by atoms with van der Waals surface area (Å²) < 4.78 is 5.55. The highest BCUT2D eigenvalue weighted by Gasteiger charge is 2.19. The molecule has 0 radical (unpaired) electrons. The Balaban J connectivity index is 1.51. The Hall–Kier alpha value is -2.90. The Morgan fingerprint density at radius 2 is 1.93 bits per heavy atom. The molecule has 1 aliphatic heterocycles. The molecule has 7 heteroatoms. The lowest BCUT2D eigenvalue weighted by Gasteiger charge is -2.34. The Bertz CT molecular complexity index is 981. The Kier molecular flexibility index (Phi) is 5.78. The van der Waals surface area contributed by atoms with Gasteiger partial charge in [0.2, 0.25) is 0 Å². The number of aromatic nitrogens is 1. The molecule has 0 atom stereocenters.